The van der Waals surface area contributed by atoms with Gasteiger partial charge < -0.3 is 4.74 Å². The van der Waals surface area contributed by atoms with E-state index in [2.05, 4.69) is 21.4 Å². The number of hydrogen-bond donors (Lipinski definition) is 2. The van der Waals surface area contributed by atoms with E-state index in [9.17, 15) is 4.79 Å². The number of ether oxygens (including phenoxy) is 1. The fraction of sp³-hybridized carbons (Fsp3) is 0.0588. The third-order valence-corrected chi connectivity index (χ3v) is 4.63. The standard InChI is InChI=1S/C17H14BrN3O2S/c18-13-8-4-5-9-15(13)23-10-16(22)20-21-14(11-24-17(21)19)12-6-2-1-3-7-12/h1-9,11,19H,10H2,(H,20,22). The highest BCUT2D eigenvalue weighted by molar-refractivity contribution is 9.10. The third kappa shape index (κ3) is 3.74. The largest absolute Gasteiger partial charge is 0.483 e. The average molecular weight is 404 g/mol. The molecule has 1 amide bonds. The molecule has 0 saturated heterocycles. The number of hydrogen-bond acceptors (Lipinski definition) is 4. The van der Waals surface area contributed by atoms with E-state index >= 15 is 0 Å². The molecule has 3 aromatic rings. The molecule has 7 heteroatoms. The zero-order valence-electron chi connectivity index (χ0n) is 12.5. The van der Waals surface area contributed by atoms with Gasteiger partial charge in [-0.15, -0.1) is 11.3 Å². The lowest BCUT2D eigenvalue weighted by atomic mass is 10.2. The van der Waals surface area contributed by atoms with Crippen LogP contribution in [0.5, 0.6) is 5.75 Å². The zero-order chi connectivity index (χ0) is 16.9. The van der Waals surface area contributed by atoms with E-state index in [0.717, 1.165) is 15.7 Å². The summed E-state index contributed by atoms with van der Waals surface area (Å²) < 4.78 is 7.75. The van der Waals surface area contributed by atoms with Gasteiger partial charge in [-0.1, -0.05) is 42.5 Å². The van der Waals surface area contributed by atoms with Gasteiger partial charge in [-0.25, -0.2) is 4.68 Å². The molecule has 122 valence electrons. The van der Waals surface area contributed by atoms with Gasteiger partial charge in [-0.2, -0.15) is 0 Å². The van der Waals surface area contributed by atoms with Crippen molar-refractivity contribution >= 4 is 33.2 Å². The summed E-state index contributed by atoms with van der Waals surface area (Å²) in [6.07, 6.45) is 0. The van der Waals surface area contributed by atoms with Crippen LogP contribution in [0.3, 0.4) is 0 Å². The number of amides is 1. The molecule has 2 N–H and O–H groups in total. The quantitative estimate of drug-likeness (QED) is 0.683. The predicted octanol–water partition coefficient (Wildman–Crippen LogP) is 3.61. The summed E-state index contributed by atoms with van der Waals surface area (Å²) in [5.74, 6) is 0.261. The molecule has 0 aliphatic heterocycles. The van der Waals surface area contributed by atoms with Gasteiger partial charge in [0.25, 0.3) is 5.91 Å². The highest BCUT2D eigenvalue weighted by Gasteiger charge is 2.11. The van der Waals surface area contributed by atoms with Crippen molar-refractivity contribution in [2.24, 2.45) is 0 Å². The van der Waals surface area contributed by atoms with Gasteiger partial charge in [-0.05, 0) is 28.1 Å². The normalized spacial score (nSPS) is 10.4. The summed E-state index contributed by atoms with van der Waals surface area (Å²) in [7, 11) is 0. The van der Waals surface area contributed by atoms with Gasteiger partial charge in [0, 0.05) is 10.9 Å². The van der Waals surface area contributed by atoms with E-state index in [1.54, 1.807) is 6.07 Å². The number of carbonyl (C=O) groups is 1. The molecule has 2 aromatic carbocycles. The number of nitrogens with one attached hydrogen (secondary N) is 2. The van der Waals surface area contributed by atoms with Crippen molar-refractivity contribution in [3.63, 3.8) is 0 Å². The Morgan fingerprint density at radius 1 is 1.17 bits per heavy atom. The zero-order valence-corrected chi connectivity index (χ0v) is 14.9. The van der Waals surface area contributed by atoms with Crippen LogP contribution in [0.1, 0.15) is 0 Å². The minimum Gasteiger partial charge on any atom is -0.483 e. The van der Waals surface area contributed by atoms with Crippen LogP contribution in [0.2, 0.25) is 0 Å². The van der Waals surface area contributed by atoms with E-state index < -0.39 is 0 Å². The molecule has 24 heavy (non-hydrogen) atoms. The molecule has 0 spiro atoms. The molecule has 0 bridgehead atoms. The van der Waals surface area contributed by atoms with Crippen LogP contribution in [0.4, 0.5) is 0 Å². The molecule has 0 fully saturated rings. The number of nitrogens with zero attached hydrogens (tertiary/aromatic N) is 1. The molecule has 0 aliphatic carbocycles. The van der Waals surface area contributed by atoms with Crippen molar-refractivity contribution in [3.8, 4) is 17.0 Å². The van der Waals surface area contributed by atoms with Gasteiger partial charge in [0.05, 0.1) is 10.2 Å². The van der Waals surface area contributed by atoms with Crippen LogP contribution in [0.25, 0.3) is 11.3 Å². The molecule has 1 aromatic heterocycles. The molecule has 3 rings (SSSR count). The fourth-order valence-corrected chi connectivity index (χ4v) is 3.22. The number of halogens is 1. The van der Waals surface area contributed by atoms with Gasteiger partial charge in [0.15, 0.2) is 6.61 Å². The Morgan fingerprint density at radius 3 is 2.62 bits per heavy atom. The average Bonchev–Trinajstić information content (AvgIpc) is 2.96. The van der Waals surface area contributed by atoms with E-state index in [4.69, 9.17) is 10.1 Å². The van der Waals surface area contributed by atoms with Crippen molar-refractivity contribution < 1.29 is 9.53 Å². The summed E-state index contributed by atoms with van der Waals surface area (Å²) in [6, 6.07) is 16.9. The first-order chi connectivity index (χ1) is 11.6. The lowest BCUT2D eigenvalue weighted by molar-refractivity contribution is -0.119. The molecule has 0 radical (unpaired) electrons. The number of thiazole rings is 1. The van der Waals surface area contributed by atoms with E-state index in [0.29, 0.717) is 5.75 Å². The Hall–Kier alpha value is -2.38. The first-order valence-electron chi connectivity index (χ1n) is 7.13. The van der Waals surface area contributed by atoms with Gasteiger partial charge >= 0.3 is 0 Å². The Kier molecular flexibility index (Phi) is 5.12. The van der Waals surface area contributed by atoms with Gasteiger partial charge in [-0.3, -0.25) is 15.6 Å². The second kappa shape index (κ2) is 7.46. The topological polar surface area (TPSA) is 67.1 Å². The fourth-order valence-electron chi connectivity index (χ4n) is 2.11. The summed E-state index contributed by atoms with van der Waals surface area (Å²) in [6.45, 7) is -0.140. The second-order valence-electron chi connectivity index (χ2n) is 4.88. The summed E-state index contributed by atoms with van der Waals surface area (Å²) in [5.41, 5.74) is 4.40. The molecule has 1 heterocycles. The van der Waals surface area contributed by atoms with Crippen molar-refractivity contribution in [2.75, 3.05) is 12.0 Å². The summed E-state index contributed by atoms with van der Waals surface area (Å²) in [4.78, 5) is 12.4. The number of carbonyl (C=O) groups excluding carboxylic acids is 1. The molecule has 0 unspecified atom stereocenters. The lowest BCUT2D eigenvalue weighted by Crippen LogP contribution is -2.33. The Balaban J connectivity index is 1.72. The van der Waals surface area contributed by atoms with E-state index in [1.165, 1.54) is 16.0 Å². The molecular weight excluding hydrogens is 390 g/mol. The molecule has 0 aliphatic rings. The van der Waals surface area contributed by atoms with Crippen molar-refractivity contribution in [1.82, 2.24) is 4.68 Å². The number of benzene rings is 2. The molecular formula is C17H14BrN3O2S. The van der Waals surface area contributed by atoms with E-state index in [1.807, 2.05) is 53.9 Å². The minimum absolute atomic E-state index is 0.140. The van der Waals surface area contributed by atoms with Crippen molar-refractivity contribution in [3.05, 3.63) is 69.3 Å². The first kappa shape index (κ1) is 16.5. The van der Waals surface area contributed by atoms with Crippen LogP contribution in [0.15, 0.2) is 64.5 Å². The van der Waals surface area contributed by atoms with E-state index in [-0.39, 0.29) is 17.3 Å². The number of aromatic nitrogens is 1. The Labute approximate surface area is 151 Å². The van der Waals surface area contributed by atoms with Crippen LogP contribution < -0.4 is 15.0 Å². The van der Waals surface area contributed by atoms with Crippen molar-refractivity contribution in [2.45, 2.75) is 0 Å². The van der Waals surface area contributed by atoms with Crippen LogP contribution >= 0.6 is 27.3 Å². The lowest BCUT2D eigenvalue weighted by Gasteiger charge is -2.12. The predicted molar refractivity (Wildman–Crippen MR) is 97.6 cm³/mol. The maximum atomic E-state index is 12.2. The minimum atomic E-state index is -0.333. The smallest absolute Gasteiger partial charge is 0.276 e. The molecule has 0 atom stereocenters. The van der Waals surface area contributed by atoms with Crippen LogP contribution in [0, 0.1) is 5.41 Å². The van der Waals surface area contributed by atoms with Crippen LogP contribution in [-0.4, -0.2) is 17.2 Å². The maximum Gasteiger partial charge on any atom is 0.276 e. The summed E-state index contributed by atoms with van der Waals surface area (Å²) >= 11 is 4.62. The van der Waals surface area contributed by atoms with Crippen molar-refractivity contribution in [1.29, 1.82) is 5.41 Å². The van der Waals surface area contributed by atoms with Gasteiger partial charge in [0.1, 0.15) is 5.75 Å². The highest BCUT2D eigenvalue weighted by Crippen LogP contribution is 2.23. The number of rotatable bonds is 5. The first-order valence-corrected chi connectivity index (χ1v) is 8.80. The number of para-hydroxylation sites is 1. The van der Waals surface area contributed by atoms with Crippen LogP contribution in [-0.2, 0) is 4.79 Å². The third-order valence-electron chi connectivity index (χ3n) is 3.23. The summed E-state index contributed by atoms with van der Waals surface area (Å²) in [5, 5.41) is 9.82. The molecule has 5 nitrogen and oxygen atoms in total. The maximum absolute atomic E-state index is 12.2. The molecule has 0 saturated carbocycles. The monoisotopic (exact) mass is 403 g/mol. The second-order valence-corrected chi connectivity index (χ2v) is 6.59. The highest BCUT2D eigenvalue weighted by atomic mass is 79.9. The van der Waals surface area contributed by atoms with Gasteiger partial charge in [0.2, 0.25) is 4.80 Å². The SMILES string of the molecule is N=c1scc(-c2ccccc2)n1NC(=O)COc1ccccc1Br. The Morgan fingerprint density at radius 2 is 1.88 bits per heavy atom. The Bertz CT molecular complexity index is 905.